The average Bonchev–Trinajstić information content (AvgIpc) is 2.90. The normalized spacial score (nSPS) is 10.4. The number of pyridine rings is 1. The average molecular weight is 238 g/mol. The first-order chi connectivity index (χ1) is 8.84. The van der Waals surface area contributed by atoms with Gasteiger partial charge in [0.2, 0.25) is 5.82 Å². The Balaban J connectivity index is 2.03. The van der Waals surface area contributed by atoms with Crippen LogP contribution in [0.5, 0.6) is 0 Å². The Hall–Kier alpha value is -2.69. The number of benzene rings is 1. The molecule has 0 aliphatic rings. The van der Waals surface area contributed by atoms with Crippen LogP contribution in [0.15, 0.2) is 53.2 Å². The molecular weight excluding hydrogens is 228 g/mol. The third-order valence-corrected chi connectivity index (χ3v) is 2.50. The van der Waals surface area contributed by atoms with E-state index < -0.39 is 0 Å². The first kappa shape index (κ1) is 10.5. The van der Waals surface area contributed by atoms with E-state index in [9.17, 15) is 0 Å². The molecule has 0 unspecified atom stereocenters. The topological polar surface area (TPSA) is 77.8 Å². The first-order valence-electron chi connectivity index (χ1n) is 5.44. The molecule has 3 aromatic rings. The maximum absolute atomic E-state index is 5.81. The van der Waals surface area contributed by atoms with Gasteiger partial charge in [0.25, 0.3) is 5.89 Å². The van der Waals surface area contributed by atoms with E-state index in [1.165, 1.54) is 0 Å². The number of hydrogen-bond donors (Lipinski definition) is 1. The van der Waals surface area contributed by atoms with Crippen molar-refractivity contribution in [2.75, 3.05) is 5.73 Å². The Bertz CT molecular complexity index is 664. The molecule has 0 aliphatic heterocycles. The van der Waals surface area contributed by atoms with Crippen molar-refractivity contribution in [3.8, 4) is 23.0 Å². The number of nitrogen functional groups attached to an aromatic ring is 1. The minimum absolute atomic E-state index is 0.326. The molecule has 5 heteroatoms. The molecule has 0 saturated carbocycles. The molecular formula is C13H10N4O. The van der Waals surface area contributed by atoms with Gasteiger partial charge in [0.1, 0.15) is 0 Å². The van der Waals surface area contributed by atoms with E-state index in [1.807, 2.05) is 30.3 Å². The lowest BCUT2D eigenvalue weighted by Crippen LogP contribution is -1.92. The van der Waals surface area contributed by atoms with Crippen LogP contribution in [0, 0.1) is 0 Å². The Morgan fingerprint density at radius 3 is 2.61 bits per heavy atom. The third-order valence-electron chi connectivity index (χ3n) is 2.50. The Morgan fingerprint density at radius 1 is 1.00 bits per heavy atom. The molecule has 0 fully saturated rings. The van der Waals surface area contributed by atoms with Crippen LogP contribution in [0.1, 0.15) is 0 Å². The van der Waals surface area contributed by atoms with Gasteiger partial charge in [-0.2, -0.15) is 4.98 Å². The number of nitrogens with two attached hydrogens (primary N) is 1. The summed E-state index contributed by atoms with van der Waals surface area (Å²) >= 11 is 0. The second-order valence-corrected chi connectivity index (χ2v) is 3.73. The SMILES string of the molecule is Nc1cccnc1-c1nc(-c2ccccc2)no1. The zero-order chi connectivity index (χ0) is 12.4. The quantitative estimate of drug-likeness (QED) is 0.741. The summed E-state index contributed by atoms with van der Waals surface area (Å²) in [6.45, 7) is 0. The number of nitrogens with zero attached hydrogens (tertiary/aromatic N) is 3. The predicted octanol–water partition coefficient (Wildman–Crippen LogP) is 2.38. The molecule has 0 radical (unpaired) electrons. The molecule has 18 heavy (non-hydrogen) atoms. The monoisotopic (exact) mass is 238 g/mol. The van der Waals surface area contributed by atoms with E-state index in [-0.39, 0.29) is 0 Å². The Morgan fingerprint density at radius 2 is 1.83 bits per heavy atom. The van der Waals surface area contributed by atoms with Gasteiger partial charge in [-0.15, -0.1) is 0 Å². The maximum atomic E-state index is 5.81. The lowest BCUT2D eigenvalue weighted by atomic mass is 10.2. The molecule has 0 aliphatic carbocycles. The van der Waals surface area contributed by atoms with Crippen molar-refractivity contribution in [1.82, 2.24) is 15.1 Å². The van der Waals surface area contributed by atoms with Gasteiger partial charge in [0.15, 0.2) is 5.69 Å². The van der Waals surface area contributed by atoms with Crippen molar-refractivity contribution in [3.63, 3.8) is 0 Å². The first-order valence-corrected chi connectivity index (χ1v) is 5.44. The van der Waals surface area contributed by atoms with Crippen LogP contribution >= 0.6 is 0 Å². The smallest absolute Gasteiger partial charge is 0.278 e. The molecule has 2 heterocycles. The lowest BCUT2D eigenvalue weighted by Gasteiger charge is -1.96. The number of rotatable bonds is 2. The van der Waals surface area contributed by atoms with Crippen molar-refractivity contribution < 1.29 is 4.52 Å². The van der Waals surface area contributed by atoms with Crippen molar-refractivity contribution >= 4 is 5.69 Å². The molecule has 0 bridgehead atoms. The summed E-state index contributed by atoms with van der Waals surface area (Å²) in [7, 11) is 0. The molecule has 88 valence electrons. The van der Waals surface area contributed by atoms with Crippen molar-refractivity contribution in [2.24, 2.45) is 0 Å². The predicted molar refractivity (Wildman–Crippen MR) is 67.4 cm³/mol. The summed E-state index contributed by atoms with van der Waals surface area (Å²) in [5.74, 6) is 0.850. The fourth-order valence-corrected chi connectivity index (χ4v) is 1.62. The van der Waals surface area contributed by atoms with Gasteiger partial charge in [0.05, 0.1) is 5.69 Å². The van der Waals surface area contributed by atoms with E-state index in [2.05, 4.69) is 15.1 Å². The second kappa shape index (κ2) is 4.29. The summed E-state index contributed by atoms with van der Waals surface area (Å²) in [5.41, 5.74) is 7.72. The van der Waals surface area contributed by atoms with E-state index >= 15 is 0 Å². The van der Waals surface area contributed by atoms with Crippen LogP contribution in [0.4, 0.5) is 5.69 Å². The minimum atomic E-state index is 0.326. The summed E-state index contributed by atoms with van der Waals surface area (Å²) in [6.07, 6.45) is 1.64. The highest BCUT2D eigenvalue weighted by atomic mass is 16.5. The van der Waals surface area contributed by atoms with E-state index in [0.29, 0.717) is 23.1 Å². The summed E-state index contributed by atoms with van der Waals surface area (Å²) in [5, 5.41) is 3.92. The Kier molecular flexibility index (Phi) is 2.49. The highest BCUT2D eigenvalue weighted by molar-refractivity contribution is 5.67. The van der Waals surface area contributed by atoms with Crippen LogP contribution in [0.25, 0.3) is 23.0 Å². The molecule has 0 atom stereocenters. The number of hydrogen-bond acceptors (Lipinski definition) is 5. The highest BCUT2D eigenvalue weighted by Gasteiger charge is 2.13. The van der Waals surface area contributed by atoms with E-state index in [0.717, 1.165) is 5.56 Å². The summed E-state index contributed by atoms with van der Waals surface area (Å²) in [4.78, 5) is 8.43. The third kappa shape index (κ3) is 1.82. The lowest BCUT2D eigenvalue weighted by molar-refractivity contribution is 0.431. The van der Waals surface area contributed by atoms with Crippen molar-refractivity contribution in [3.05, 3.63) is 48.7 Å². The fraction of sp³-hybridized carbons (Fsp3) is 0. The fourth-order valence-electron chi connectivity index (χ4n) is 1.62. The van der Waals surface area contributed by atoms with Gasteiger partial charge in [-0.1, -0.05) is 35.5 Å². The van der Waals surface area contributed by atoms with Crippen molar-refractivity contribution in [2.45, 2.75) is 0 Å². The van der Waals surface area contributed by atoms with Gasteiger partial charge in [0, 0.05) is 11.8 Å². The highest BCUT2D eigenvalue weighted by Crippen LogP contribution is 2.23. The number of aromatic nitrogens is 3. The van der Waals surface area contributed by atoms with Gasteiger partial charge < -0.3 is 10.3 Å². The van der Waals surface area contributed by atoms with Crippen LogP contribution in [-0.2, 0) is 0 Å². The molecule has 1 aromatic carbocycles. The Labute approximate surface area is 103 Å². The molecule has 2 N–H and O–H groups in total. The molecule has 2 aromatic heterocycles. The molecule has 5 nitrogen and oxygen atoms in total. The largest absolute Gasteiger partial charge is 0.397 e. The van der Waals surface area contributed by atoms with Crippen LogP contribution in [0.3, 0.4) is 0 Å². The van der Waals surface area contributed by atoms with E-state index in [1.54, 1.807) is 18.3 Å². The van der Waals surface area contributed by atoms with Gasteiger partial charge in [-0.05, 0) is 12.1 Å². The number of anilines is 1. The molecule has 0 saturated heterocycles. The molecule has 0 spiro atoms. The summed E-state index contributed by atoms with van der Waals surface area (Å²) < 4.78 is 5.18. The second-order valence-electron chi connectivity index (χ2n) is 3.73. The maximum Gasteiger partial charge on any atom is 0.278 e. The van der Waals surface area contributed by atoms with Crippen LogP contribution < -0.4 is 5.73 Å². The minimum Gasteiger partial charge on any atom is -0.397 e. The molecule has 0 amide bonds. The van der Waals surface area contributed by atoms with Gasteiger partial charge in [-0.25, -0.2) is 4.98 Å². The van der Waals surface area contributed by atoms with Gasteiger partial charge >= 0.3 is 0 Å². The van der Waals surface area contributed by atoms with Gasteiger partial charge in [-0.3, -0.25) is 0 Å². The van der Waals surface area contributed by atoms with E-state index in [4.69, 9.17) is 10.3 Å². The van der Waals surface area contributed by atoms with Crippen LogP contribution in [0.2, 0.25) is 0 Å². The summed E-state index contributed by atoms with van der Waals surface area (Å²) in [6, 6.07) is 13.1. The molecule has 3 rings (SSSR count). The standard InChI is InChI=1S/C13H10N4O/c14-10-7-4-8-15-11(10)13-16-12(17-18-13)9-5-2-1-3-6-9/h1-8H,14H2. The van der Waals surface area contributed by atoms with Crippen LogP contribution in [-0.4, -0.2) is 15.1 Å². The zero-order valence-corrected chi connectivity index (χ0v) is 9.45. The zero-order valence-electron chi connectivity index (χ0n) is 9.45. The van der Waals surface area contributed by atoms with Crippen molar-refractivity contribution in [1.29, 1.82) is 0 Å².